The lowest BCUT2D eigenvalue weighted by Crippen LogP contribution is -3.00. The van der Waals surface area contributed by atoms with Gasteiger partial charge in [-0.2, -0.15) is 0 Å². The van der Waals surface area contributed by atoms with Gasteiger partial charge in [-0.05, 0) is 28.6 Å². The molecule has 0 saturated carbocycles. The van der Waals surface area contributed by atoms with E-state index in [0.29, 0.717) is 16.8 Å². The SMILES string of the molecule is COc1cccc(C2(O)CC[S+](C)CC2C[N+](C)(C)C)c1.[I-].[I-]. The van der Waals surface area contributed by atoms with Gasteiger partial charge in [0.25, 0.3) is 0 Å². The third-order valence-electron chi connectivity index (χ3n) is 4.33. The average molecular weight is 565 g/mol. The van der Waals surface area contributed by atoms with Crippen LogP contribution in [0.2, 0.25) is 0 Å². The predicted octanol–water partition coefficient (Wildman–Crippen LogP) is -4.13. The second-order valence-corrected chi connectivity index (χ2v) is 9.53. The highest BCUT2D eigenvalue weighted by Crippen LogP contribution is 2.40. The molecule has 1 heterocycles. The number of benzene rings is 1. The molecule has 6 heteroatoms. The van der Waals surface area contributed by atoms with Gasteiger partial charge < -0.3 is 62.3 Å². The summed E-state index contributed by atoms with van der Waals surface area (Å²) in [4.78, 5) is 0. The summed E-state index contributed by atoms with van der Waals surface area (Å²) in [5, 5.41) is 11.4. The number of quaternary nitrogens is 1. The van der Waals surface area contributed by atoms with Gasteiger partial charge in [0.2, 0.25) is 0 Å². The molecule has 1 saturated heterocycles. The van der Waals surface area contributed by atoms with Crippen molar-refractivity contribution in [3.8, 4) is 5.75 Å². The Kier molecular flexibility index (Phi) is 9.76. The first-order valence-corrected chi connectivity index (χ1v) is 9.48. The fourth-order valence-corrected chi connectivity index (χ4v) is 5.13. The third kappa shape index (κ3) is 6.20. The van der Waals surface area contributed by atoms with E-state index in [2.05, 4.69) is 27.4 Å². The maximum Gasteiger partial charge on any atom is 0.119 e. The molecule has 1 aromatic carbocycles. The molecule has 1 aliphatic heterocycles. The maximum absolute atomic E-state index is 11.4. The predicted molar refractivity (Wildman–Crippen MR) is 90.9 cm³/mol. The molecule has 0 aliphatic carbocycles. The fourth-order valence-electron chi connectivity index (χ4n) is 3.24. The highest BCUT2D eigenvalue weighted by atomic mass is 127. The lowest BCUT2D eigenvalue weighted by atomic mass is 9.79. The van der Waals surface area contributed by atoms with Crippen molar-refractivity contribution in [2.75, 3.05) is 52.6 Å². The van der Waals surface area contributed by atoms with E-state index in [1.807, 2.05) is 24.3 Å². The van der Waals surface area contributed by atoms with Gasteiger partial charge >= 0.3 is 0 Å². The van der Waals surface area contributed by atoms with Crippen molar-refractivity contribution in [2.24, 2.45) is 5.92 Å². The fraction of sp³-hybridized carbons (Fsp3) is 0.647. The number of halogens is 2. The van der Waals surface area contributed by atoms with Crippen molar-refractivity contribution in [3.63, 3.8) is 0 Å². The number of aliphatic hydroxyl groups is 1. The van der Waals surface area contributed by atoms with Gasteiger partial charge in [0.1, 0.15) is 22.9 Å². The van der Waals surface area contributed by atoms with E-state index in [1.54, 1.807) is 7.11 Å². The van der Waals surface area contributed by atoms with E-state index < -0.39 is 5.60 Å². The molecule has 23 heavy (non-hydrogen) atoms. The van der Waals surface area contributed by atoms with Crippen LogP contribution in [0, 0.1) is 5.92 Å². The molecule has 134 valence electrons. The molecule has 0 spiro atoms. The van der Waals surface area contributed by atoms with Gasteiger partial charge in [-0.1, -0.05) is 12.1 Å². The minimum atomic E-state index is -0.723. The Morgan fingerprint density at radius 3 is 2.52 bits per heavy atom. The van der Waals surface area contributed by atoms with Crippen molar-refractivity contribution >= 4 is 10.9 Å². The normalized spacial score (nSPS) is 27.6. The minimum absolute atomic E-state index is 0. The Balaban J connectivity index is 0.00000242. The molecular formula is C17H29I2NO2S. The first kappa shape index (κ1) is 23.8. The van der Waals surface area contributed by atoms with Crippen molar-refractivity contribution in [1.82, 2.24) is 0 Å². The molecule has 1 aromatic rings. The van der Waals surface area contributed by atoms with E-state index in [-0.39, 0.29) is 48.0 Å². The van der Waals surface area contributed by atoms with Gasteiger partial charge in [-0.25, -0.2) is 0 Å². The van der Waals surface area contributed by atoms with Gasteiger partial charge in [0.05, 0.1) is 47.0 Å². The number of ether oxygens (including phenoxy) is 1. The quantitative estimate of drug-likeness (QED) is 0.229. The molecule has 3 unspecified atom stereocenters. The van der Waals surface area contributed by atoms with Crippen LogP contribution in [0.5, 0.6) is 5.75 Å². The van der Waals surface area contributed by atoms with Crippen molar-refractivity contribution in [1.29, 1.82) is 0 Å². The number of rotatable bonds is 4. The maximum atomic E-state index is 11.4. The Bertz CT molecular complexity index is 496. The van der Waals surface area contributed by atoms with Crippen LogP contribution < -0.4 is 52.7 Å². The Hall–Kier alpha value is 0.750. The van der Waals surface area contributed by atoms with E-state index >= 15 is 0 Å². The van der Waals surface area contributed by atoms with Gasteiger partial charge in [0.15, 0.2) is 0 Å². The highest BCUT2D eigenvalue weighted by Gasteiger charge is 2.48. The summed E-state index contributed by atoms with van der Waals surface area (Å²) >= 11 is 0. The Morgan fingerprint density at radius 2 is 1.96 bits per heavy atom. The third-order valence-corrected chi connectivity index (χ3v) is 6.20. The second kappa shape index (κ2) is 9.45. The first-order valence-electron chi connectivity index (χ1n) is 7.51. The van der Waals surface area contributed by atoms with Gasteiger partial charge in [-0.3, -0.25) is 0 Å². The van der Waals surface area contributed by atoms with Crippen molar-refractivity contribution in [3.05, 3.63) is 29.8 Å². The second-order valence-electron chi connectivity index (χ2n) is 7.23. The number of hydrogen-bond acceptors (Lipinski definition) is 2. The molecule has 0 amide bonds. The van der Waals surface area contributed by atoms with Gasteiger partial charge in [0, 0.05) is 6.42 Å². The summed E-state index contributed by atoms with van der Waals surface area (Å²) in [5.41, 5.74) is 0.288. The standard InChI is InChI=1S/C17H29NO2S.2HI/c1-18(2,3)12-15-13-21(5)10-9-17(15,19)14-7-6-8-16(11-14)20-4;;/h6-8,11,15,19H,9-10,12-13H2,1-5H3;2*1H/q+2;;/p-2. The van der Waals surface area contributed by atoms with Crippen LogP contribution in [0.15, 0.2) is 24.3 Å². The molecule has 0 aromatic heterocycles. The van der Waals surface area contributed by atoms with E-state index in [4.69, 9.17) is 4.74 Å². The monoisotopic (exact) mass is 565 g/mol. The molecule has 0 bridgehead atoms. The minimum Gasteiger partial charge on any atom is -1.00 e. The van der Waals surface area contributed by atoms with Crippen LogP contribution >= 0.6 is 0 Å². The summed E-state index contributed by atoms with van der Waals surface area (Å²) in [5.74, 6) is 3.35. The van der Waals surface area contributed by atoms with Crippen LogP contribution in [0.1, 0.15) is 12.0 Å². The summed E-state index contributed by atoms with van der Waals surface area (Å²) in [6.07, 6.45) is 3.18. The van der Waals surface area contributed by atoms with Crippen LogP contribution in [0.4, 0.5) is 0 Å². The Morgan fingerprint density at radius 1 is 1.30 bits per heavy atom. The molecule has 1 N–H and O–H groups in total. The smallest absolute Gasteiger partial charge is 0.119 e. The van der Waals surface area contributed by atoms with Crippen LogP contribution in [-0.4, -0.2) is 62.1 Å². The Labute approximate surface area is 178 Å². The molecule has 2 rings (SSSR count). The first-order chi connectivity index (χ1) is 9.74. The molecule has 3 atom stereocenters. The number of hydrogen-bond donors (Lipinski definition) is 1. The zero-order valence-electron chi connectivity index (χ0n) is 14.7. The summed E-state index contributed by atoms with van der Waals surface area (Å²) in [6.45, 7) is 0.991. The molecule has 3 nitrogen and oxygen atoms in total. The van der Waals surface area contributed by atoms with Crippen molar-refractivity contribution in [2.45, 2.75) is 12.0 Å². The van der Waals surface area contributed by atoms with Crippen molar-refractivity contribution < 1.29 is 62.3 Å². The van der Waals surface area contributed by atoms with Gasteiger partial charge in [-0.15, -0.1) is 0 Å². The molecular weight excluding hydrogens is 536 g/mol. The zero-order chi connectivity index (χ0) is 15.7. The van der Waals surface area contributed by atoms with Crippen LogP contribution in [-0.2, 0) is 16.5 Å². The summed E-state index contributed by atoms with van der Waals surface area (Å²) in [6, 6.07) is 7.97. The topological polar surface area (TPSA) is 29.5 Å². The van der Waals surface area contributed by atoms with Crippen LogP contribution in [0.3, 0.4) is 0 Å². The lowest BCUT2D eigenvalue weighted by molar-refractivity contribution is -0.874. The summed E-state index contributed by atoms with van der Waals surface area (Å²) in [7, 11) is 8.70. The zero-order valence-corrected chi connectivity index (χ0v) is 19.8. The number of nitrogens with zero attached hydrogens (tertiary/aromatic N) is 1. The average Bonchev–Trinajstić information content (AvgIpc) is 2.41. The molecule has 1 fully saturated rings. The van der Waals surface area contributed by atoms with E-state index in [1.165, 1.54) is 0 Å². The van der Waals surface area contributed by atoms with Crippen LogP contribution in [0.25, 0.3) is 0 Å². The molecule has 0 radical (unpaired) electrons. The number of methoxy groups -OCH3 is 1. The lowest BCUT2D eigenvalue weighted by Gasteiger charge is -2.41. The highest BCUT2D eigenvalue weighted by molar-refractivity contribution is 7.96. The summed E-state index contributed by atoms with van der Waals surface area (Å²) < 4.78 is 6.22. The van der Waals surface area contributed by atoms with E-state index in [0.717, 1.165) is 40.3 Å². The van der Waals surface area contributed by atoms with E-state index in [9.17, 15) is 5.11 Å². The largest absolute Gasteiger partial charge is 1.00 e. The molecule has 1 aliphatic rings.